The maximum atomic E-state index is 9.19. The van der Waals surface area contributed by atoms with Gasteiger partial charge < -0.3 is 14.7 Å². The fourth-order valence-electron chi connectivity index (χ4n) is 5.31. The van der Waals surface area contributed by atoms with Crippen LogP contribution in [0.2, 0.25) is 0 Å². The highest BCUT2D eigenvalue weighted by Gasteiger charge is 2.10. The predicted octanol–water partition coefficient (Wildman–Crippen LogP) is 7.24. The number of nitrogens with zero attached hydrogens (tertiary/aromatic N) is 2. The zero-order valence-electron chi connectivity index (χ0n) is 22.6. The van der Waals surface area contributed by atoms with Gasteiger partial charge in [-0.3, -0.25) is 4.90 Å². The normalized spacial score (nSPS) is 15.6. The molecule has 0 unspecified atom stereocenters. The number of para-hydroxylation sites is 1. The highest BCUT2D eigenvalue weighted by Crippen LogP contribution is 2.24. The van der Waals surface area contributed by atoms with Crippen LogP contribution < -0.4 is 9.64 Å². The van der Waals surface area contributed by atoms with Crippen molar-refractivity contribution in [2.75, 3.05) is 37.7 Å². The number of benzene rings is 3. The largest absolute Gasteiger partial charge is 0.508 e. The molecule has 0 saturated carbocycles. The van der Waals surface area contributed by atoms with Crippen molar-refractivity contribution in [3.8, 4) is 11.5 Å². The van der Waals surface area contributed by atoms with E-state index in [0.717, 1.165) is 38.4 Å². The van der Waals surface area contributed by atoms with Gasteiger partial charge in [0.25, 0.3) is 0 Å². The van der Waals surface area contributed by atoms with Crippen LogP contribution in [0.25, 0.3) is 0 Å². The van der Waals surface area contributed by atoms with Crippen molar-refractivity contribution >= 4 is 5.69 Å². The van der Waals surface area contributed by atoms with Crippen molar-refractivity contribution in [2.45, 2.75) is 64.8 Å². The lowest BCUT2D eigenvalue weighted by molar-refractivity contribution is 0.214. The molecule has 0 radical (unpaired) electrons. The Labute approximate surface area is 223 Å². The van der Waals surface area contributed by atoms with Crippen LogP contribution in [-0.4, -0.2) is 42.8 Å². The van der Waals surface area contributed by atoms with E-state index in [1.807, 2.05) is 12.1 Å². The third-order valence-corrected chi connectivity index (χ3v) is 7.51. The van der Waals surface area contributed by atoms with E-state index in [-0.39, 0.29) is 0 Å². The van der Waals surface area contributed by atoms with Crippen LogP contribution in [0.3, 0.4) is 0 Å². The number of ether oxygens (including phenoxy) is 1. The van der Waals surface area contributed by atoms with E-state index in [1.165, 1.54) is 80.4 Å². The molecular weight excluding hydrogens is 456 g/mol. The Hall–Kier alpha value is -2.98. The minimum atomic E-state index is 0.408. The molecule has 1 aliphatic carbocycles. The lowest BCUT2D eigenvalue weighted by atomic mass is 9.92. The molecule has 3 aromatic carbocycles. The molecule has 0 aromatic heterocycles. The van der Waals surface area contributed by atoms with Crippen LogP contribution >= 0.6 is 0 Å². The molecule has 3 aromatic rings. The molecule has 1 fully saturated rings. The van der Waals surface area contributed by atoms with Gasteiger partial charge in [-0.25, -0.2) is 0 Å². The third-order valence-electron chi connectivity index (χ3n) is 7.51. The summed E-state index contributed by atoms with van der Waals surface area (Å²) < 4.78 is 5.97. The average Bonchev–Trinajstić information content (AvgIpc) is 3.22. The van der Waals surface area contributed by atoms with Crippen molar-refractivity contribution in [3.63, 3.8) is 0 Å². The summed E-state index contributed by atoms with van der Waals surface area (Å²) in [5, 5.41) is 9.19. The molecule has 1 N–H and O–H groups in total. The first-order chi connectivity index (χ1) is 18.2. The van der Waals surface area contributed by atoms with Gasteiger partial charge in [0.15, 0.2) is 0 Å². The second-order valence-corrected chi connectivity index (χ2v) is 10.3. The zero-order valence-corrected chi connectivity index (χ0v) is 22.6. The first-order valence-electron chi connectivity index (χ1n) is 14.3. The van der Waals surface area contributed by atoms with Gasteiger partial charge >= 0.3 is 0 Å². The monoisotopic (exact) mass is 500 g/mol. The minimum absolute atomic E-state index is 0.408. The van der Waals surface area contributed by atoms with Gasteiger partial charge in [0.1, 0.15) is 18.1 Å². The number of hydrogen-bond acceptors (Lipinski definition) is 4. The van der Waals surface area contributed by atoms with Crippen LogP contribution in [-0.2, 0) is 19.4 Å². The van der Waals surface area contributed by atoms with E-state index in [9.17, 15) is 5.11 Å². The molecule has 37 heavy (non-hydrogen) atoms. The van der Waals surface area contributed by atoms with Crippen LogP contribution in [0.1, 0.15) is 62.1 Å². The summed E-state index contributed by atoms with van der Waals surface area (Å²) in [5.41, 5.74) is 5.36. The molecule has 198 valence electrons. The van der Waals surface area contributed by atoms with Crippen LogP contribution in [0.4, 0.5) is 5.69 Å². The Morgan fingerprint density at radius 2 is 1.49 bits per heavy atom. The first kappa shape index (κ1) is 27.1. The standard InChI is InChI=1S/C23H32N2O.C10H12O/c1-2-25(22-10-6-5-7-11-22)20-21-12-14-23(15-13-21)26-19-18-24-16-8-3-4-9-17-24;11-10-6-5-8-3-1-2-4-9(8)7-10/h5-7,10-15H,2-4,8-9,16-20H2,1H3;5-7,11H,1-4H2. The number of hydrogen-bond donors (Lipinski definition) is 1. The molecule has 0 amide bonds. The Morgan fingerprint density at radius 3 is 2.19 bits per heavy atom. The summed E-state index contributed by atoms with van der Waals surface area (Å²) >= 11 is 0. The van der Waals surface area contributed by atoms with Gasteiger partial charge in [0, 0.05) is 25.3 Å². The number of phenols is 1. The summed E-state index contributed by atoms with van der Waals surface area (Å²) in [7, 11) is 0. The number of fused-ring (bicyclic) bond motifs is 1. The first-order valence-corrected chi connectivity index (χ1v) is 14.3. The SMILES string of the molecule is CCN(Cc1ccc(OCCN2CCCCCC2)cc1)c1ccccc1.Oc1ccc2c(c1)CCCC2. The van der Waals surface area contributed by atoms with E-state index >= 15 is 0 Å². The highest BCUT2D eigenvalue weighted by molar-refractivity contribution is 5.46. The summed E-state index contributed by atoms with van der Waals surface area (Å²) in [6.45, 7) is 8.41. The minimum Gasteiger partial charge on any atom is -0.508 e. The van der Waals surface area contributed by atoms with Crippen molar-refractivity contribution in [1.29, 1.82) is 0 Å². The van der Waals surface area contributed by atoms with Crippen molar-refractivity contribution in [2.24, 2.45) is 0 Å². The number of phenolic OH excluding ortho intramolecular Hbond substituents is 1. The van der Waals surface area contributed by atoms with E-state index in [2.05, 4.69) is 71.3 Å². The van der Waals surface area contributed by atoms with E-state index in [1.54, 1.807) is 6.07 Å². The second-order valence-electron chi connectivity index (χ2n) is 10.3. The molecule has 5 rings (SSSR count). The van der Waals surface area contributed by atoms with Crippen LogP contribution in [0.5, 0.6) is 11.5 Å². The topological polar surface area (TPSA) is 35.9 Å². The van der Waals surface area contributed by atoms with Gasteiger partial charge in [-0.1, -0.05) is 49.2 Å². The molecule has 0 bridgehead atoms. The molecule has 0 spiro atoms. The van der Waals surface area contributed by atoms with E-state index in [0.29, 0.717) is 5.75 Å². The quantitative estimate of drug-likeness (QED) is 0.354. The fraction of sp³-hybridized carbons (Fsp3) is 0.455. The summed E-state index contributed by atoms with van der Waals surface area (Å²) in [6.07, 6.45) is 10.4. The van der Waals surface area contributed by atoms with Gasteiger partial charge in [0.2, 0.25) is 0 Å². The lowest BCUT2D eigenvalue weighted by Gasteiger charge is -2.23. The molecule has 1 saturated heterocycles. The van der Waals surface area contributed by atoms with Crippen molar-refractivity contribution in [1.82, 2.24) is 4.90 Å². The maximum Gasteiger partial charge on any atom is 0.119 e. The highest BCUT2D eigenvalue weighted by atomic mass is 16.5. The Kier molecular flexibility index (Phi) is 10.7. The van der Waals surface area contributed by atoms with Crippen molar-refractivity contribution in [3.05, 3.63) is 89.5 Å². The van der Waals surface area contributed by atoms with E-state index < -0.39 is 0 Å². The molecule has 0 atom stereocenters. The smallest absolute Gasteiger partial charge is 0.119 e. The summed E-state index contributed by atoms with van der Waals surface area (Å²) in [6, 6.07) is 24.9. The number of aryl methyl sites for hydroxylation is 2. The second kappa shape index (κ2) is 14.7. The Balaban J connectivity index is 0.000000241. The van der Waals surface area contributed by atoms with Crippen LogP contribution in [0, 0.1) is 0 Å². The number of likely N-dealkylation sites (tertiary alicyclic amines) is 1. The van der Waals surface area contributed by atoms with Crippen molar-refractivity contribution < 1.29 is 9.84 Å². The summed E-state index contributed by atoms with van der Waals surface area (Å²) in [4.78, 5) is 4.93. The summed E-state index contributed by atoms with van der Waals surface area (Å²) in [5.74, 6) is 1.39. The molecule has 4 heteroatoms. The Morgan fingerprint density at radius 1 is 0.784 bits per heavy atom. The van der Waals surface area contributed by atoms with E-state index in [4.69, 9.17) is 4.74 Å². The third kappa shape index (κ3) is 8.82. The number of anilines is 1. The van der Waals surface area contributed by atoms with Gasteiger partial charge in [-0.2, -0.15) is 0 Å². The molecule has 1 aliphatic heterocycles. The Bertz CT molecular complexity index is 1040. The van der Waals surface area contributed by atoms with Gasteiger partial charge in [0.05, 0.1) is 0 Å². The molecular formula is C33H44N2O2. The fourth-order valence-corrected chi connectivity index (χ4v) is 5.31. The number of aromatic hydroxyl groups is 1. The van der Waals surface area contributed by atoms with Crippen LogP contribution in [0.15, 0.2) is 72.8 Å². The average molecular weight is 501 g/mol. The maximum absolute atomic E-state index is 9.19. The molecule has 4 nitrogen and oxygen atoms in total. The number of rotatable bonds is 8. The zero-order chi connectivity index (χ0) is 25.7. The lowest BCUT2D eigenvalue weighted by Crippen LogP contribution is -2.29. The predicted molar refractivity (Wildman–Crippen MR) is 155 cm³/mol. The van der Waals surface area contributed by atoms with Gasteiger partial charge in [-0.05, 0) is 112 Å². The van der Waals surface area contributed by atoms with Gasteiger partial charge in [-0.15, -0.1) is 0 Å². The molecule has 2 aliphatic rings. The molecule has 1 heterocycles.